The Hall–Kier alpha value is -1.99. The van der Waals surface area contributed by atoms with Crippen molar-refractivity contribution < 1.29 is 17.2 Å². The lowest BCUT2D eigenvalue weighted by molar-refractivity contribution is 0.00473. The predicted octanol–water partition coefficient (Wildman–Crippen LogP) is 6.10. The van der Waals surface area contributed by atoms with Gasteiger partial charge in [0.05, 0.1) is 5.25 Å². The van der Waals surface area contributed by atoms with Crippen molar-refractivity contribution in [3.8, 4) is 0 Å². The van der Waals surface area contributed by atoms with Crippen LogP contribution in [0.4, 0.5) is 8.78 Å². The van der Waals surface area contributed by atoms with Crippen molar-refractivity contribution >= 4 is 33.0 Å². The summed E-state index contributed by atoms with van der Waals surface area (Å²) >= 11 is 12.0. The molecule has 0 radical (unpaired) electrons. The maximum atomic E-state index is 14.0. The number of rotatable bonds is 7. The lowest BCUT2D eigenvalue weighted by atomic mass is 9.79. The van der Waals surface area contributed by atoms with Crippen LogP contribution in [0.25, 0.3) is 0 Å². The van der Waals surface area contributed by atoms with E-state index in [-0.39, 0.29) is 17.5 Å². The molecule has 3 nitrogen and oxygen atoms in total. The van der Waals surface area contributed by atoms with Crippen molar-refractivity contribution in [2.24, 2.45) is 5.92 Å². The Labute approximate surface area is 202 Å². The number of nitrogens with zero attached hydrogens (tertiary/aromatic N) is 1. The third kappa shape index (κ3) is 5.75. The van der Waals surface area contributed by atoms with E-state index >= 15 is 0 Å². The quantitative estimate of drug-likeness (QED) is 0.386. The van der Waals surface area contributed by atoms with Gasteiger partial charge < -0.3 is 0 Å². The summed E-state index contributed by atoms with van der Waals surface area (Å²) in [6.07, 6.45) is 1.71. The molecule has 1 saturated heterocycles. The van der Waals surface area contributed by atoms with Crippen LogP contribution in [0.1, 0.15) is 21.9 Å². The second-order valence-electron chi connectivity index (χ2n) is 8.57. The summed E-state index contributed by atoms with van der Waals surface area (Å²) in [5, 5.41) is 0.246. The van der Waals surface area contributed by atoms with Crippen molar-refractivity contribution in [3.05, 3.63) is 105 Å². The van der Waals surface area contributed by atoms with Gasteiger partial charge in [-0.25, -0.2) is 17.2 Å². The molecule has 1 aliphatic rings. The van der Waals surface area contributed by atoms with Gasteiger partial charge in [0, 0.05) is 47.4 Å². The predicted molar refractivity (Wildman–Crippen MR) is 128 cm³/mol. The van der Waals surface area contributed by atoms with Gasteiger partial charge in [-0.05, 0) is 59.5 Å². The maximum absolute atomic E-state index is 14.0. The monoisotopic (exact) mass is 509 g/mol. The highest BCUT2D eigenvalue weighted by atomic mass is 35.5. The van der Waals surface area contributed by atoms with E-state index in [4.69, 9.17) is 23.2 Å². The lowest BCUT2D eigenvalue weighted by Gasteiger charge is -2.51. The summed E-state index contributed by atoms with van der Waals surface area (Å²) in [6.45, 7) is 1.09. The van der Waals surface area contributed by atoms with Crippen LogP contribution in [0.5, 0.6) is 0 Å². The molecule has 0 aromatic heterocycles. The fourth-order valence-corrected chi connectivity index (χ4v) is 6.44. The lowest BCUT2D eigenvalue weighted by Crippen LogP contribution is -2.59. The average Bonchev–Trinajstić information content (AvgIpc) is 2.72. The Morgan fingerprint density at radius 3 is 1.94 bits per heavy atom. The Kier molecular flexibility index (Phi) is 7.10. The first-order valence-electron chi connectivity index (χ1n) is 10.5. The minimum Gasteiger partial charge on any atom is -0.295 e. The molecule has 174 valence electrons. The van der Waals surface area contributed by atoms with E-state index < -0.39 is 26.7 Å². The van der Waals surface area contributed by atoms with Gasteiger partial charge in [-0.15, -0.1) is 0 Å². The van der Waals surface area contributed by atoms with E-state index in [0.717, 1.165) is 35.6 Å². The molecule has 3 aromatic rings. The topological polar surface area (TPSA) is 37.4 Å². The second-order valence-corrected chi connectivity index (χ2v) is 11.6. The molecule has 3 unspecified atom stereocenters. The van der Waals surface area contributed by atoms with Crippen molar-refractivity contribution in [1.29, 1.82) is 0 Å². The van der Waals surface area contributed by atoms with E-state index in [1.807, 2.05) is 36.4 Å². The Bertz CT molecular complexity index is 1210. The van der Waals surface area contributed by atoms with E-state index in [2.05, 4.69) is 4.90 Å². The molecule has 0 saturated carbocycles. The molecule has 0 bridgehead atoms. The molecule has 0 amide bonds. The first-order chi connectivity index (χ1) is 15.6. The Balaban J connectivity index is 1.67. The van der Waals surface area contributed by atoms with Crippen LogP contribution in [0.15, 0.2) is 66.7 Å². The van der Waals surface area contributed by atoms with Gasteiger partial charge in [-0.1, -0.05) is 47.5 Å². The van der Waals surface area contributed by atoms with Crippen LogP contribution in [0.3, 0.4) is 0 Å². The first kappa shape index (κ1) is 24.1. The molecule has 1 fully saturated rings. The van der Waals surface area contributed by atoms with Crippen LogP contribution in [-0.2, 0) is 22.8 Å². The molecule has 0 aliphatic carbocycles. The molecule has 3 atom stereocenters. The number of hydrogen-bond acceptors (Lipinski definition) is 3. The maximum Gasteiger partial charge on any atom is 0.154 e. The van der Waals surface area contributed by atoms with Crippen LogP contribution >= 0.6 is 23.2 Å². The highest BCUT2D eigenvalue weighted by Gasteiger charge is 2.47. The van der Waals surface area contributed by atoms with Crippen molar-refractivity contribution in [2.75, 3.05) is 12.8 Å². The van der Waals surface area contributed by atoms with E-state index in [9.17, 15) is 17.2 Å². The zero-order valence-electron chi connectivity index (χ0n) is 17.9. The number of halogens is 4. The number of likely N-dealkylation sites (tertiary alicyclic amines) is 1. The van der Waals surface area contributed by atoms with E-state index in [1.54, 1.807) is 12.1 Å². The molecule has 8 heteroatoms. The smallest absolute Gasteiger partial charge is 0.154 e. The van der Waals surface area contributed by atoms with E-state index in [1.165, 1.54) is 0 Å². The average molecular weight is 510 g/mol. The summed E-state index contributed by atoms with van der Waals surface area (Å²) in [5.74, 6) is -1.90. The normalized spacial score (nSPS) is 19.8. The van der Waals surface area contributed by atoms with Crippen LogP contribution in [0, 0.1) is 17.6 Å². The summed E-state index contributed by atoms with van der Waals surface area (Å²) in [4.78, 5) is 2.19. The largest absolute Gasteiger partial charge is 0.295 e. The molecule has 0 N–H and O–H groups in total. The number of sulfone groups is 1. The number of hydrogen-bond donors (Lipinski definition) is 0. The van der Waals surface area contributed by atoms with Gasteiger partial charge in [0.15, 0.2) is 9.84 Å². The second kappa shape index (κ2) is 9.71. The van der Waals surface area contributed by atoms with Gasteiger partial charge in [0.2, 0.25) is 0 Å². The fraction of sp³-hybridized carbons (Fsp3) is 0.280. The minimum atomic E-state index is -3.64. The Morgan fingerprint density at radius 1 is 0.909 bits per heavy atom. The summed E-state index contributed by atoms with van der Waals surface area (Å²) in [5.41, 5.74) is 2.20. The summed E-state index contributed by atoms with van der Waals surface area (Å²) in [7, 11) is -3.64. The van der Waals surface area contributed by atoms with Gasteiger partial charge in [0.25, 0.3) is 0 Å². The van der Waals surface area contributed by atoms with Crippen molar-refractivity contribution in [1.82, 2.24) is 4.90 Å². The molecular weight excluding hydrogens is 487 g/mol. The SMILES string of the molecule is CS(=O)(=O)C(c1cc(F)cc(F)c1)C1CN(Cc2ccc(Cl)cc2)C1Cc1ccc(Cl)cc1. The molecule has 1 heterocycles. The highest BCUT2D eigenvalue weighted by Crippen LogP contribution is 2.43. The van der Waals surface area contributed by atoms with Gasteiger partial charge in [-0.3, -0.25) is 4.90 Å². The van der Waals surface area contributed by atoms with Crippen LogP contribution in [-0.4, -0.2) is 32.2 Å². The van der Waals surface area contributed by atoms with Gasteiger partial charge in [0.1, 0.15) is 11.6 Å². The summed E-state index contributed by atoms with van der Waals surface area (Å²) in [6, 6.07) is 17.8. The van der Waals surface area contributed by atoms with Crippen LogP contribution < -0.4 is 0 Å². The zero-order chi connectivity index (χ0) is 23.8. The van der Waals surface area contributed by atoms with E-state index in [0.29, 0.717) is 29.6 Å². The first-order valence-corrected chi connectivity index (χ1v) is 13.2. The fourth-order valence-electron chi connectivity index (χ4n) is 4.66. The molecule has 4 rings (SSSR count). The number of benzene rings is 3. The zero-order valence-corrected chi connectivity index (χ0v) is 20.2. The summed E-state index contributed by atoms with van der Waals surface area (Å²) < 4.78 is 53.6. The molecular formula is C25H23Cl2F2NO2S. The highest BCUT2D eigenvalue weighted by molar-refractivity contribution is 7.90. The third-order valence-electron chi connectivity index (χ3n) is 6.13. The van der Waals surface area contributed by atoms with Crippen LogP contribution in [0.2, 0.25) is 10.0 Å². The third-order valence-corrected chi connectivity index (χ3v) is 8.18. The van der Waals surface area contributed by atoms with Gasteiger partial charge in [-0.2, -0.15) is 0 Å². The standard InChI is InChI=1S/C25H23Cl2F2NO2S/c1-33(31,32)25(18-11-21(28)13-22(29)12-18)23-15-30(14-17-4-8-20(27)9-5-17)24(23)10-16-2-6-19(26)7-3-16/h2-9,11-13,23-25H,10,14-15H2,1H3. The van der Waals surface area contributed by atoms with Crippen molar-refractivity contribution in [2.45, 2.75) is 24.3 Å². The van der Waals surface area contributed by atoms with Gasteiger partial charge >= 0.3 is 0 Å². The molecule has 3 aromatic carbocycles. The van der Waals surface area contributed by atoms with Crippen molar-refractivity contribution in [3.63, 3.8) is 0 Å². The molecule has 1 aliphatic heterocycles. The molecule has 0 spiro atoms. The molecule has 33 heavy (non-hydrogen) atoms. The minimum absolute atomic E-state index is 0.145. The Morgan fingerprint density at radius 2 is 1.42 bits per heavy atom.